The second-order valence-corrected chi connectivity index (χ2v) is 5.21. The van der Waals surface area contributed by atoms with E-state index in [1.165, 1.54) is 0 Å². The van der Waals surface area contributed by atoms with E-state index in [9.17, 15) is 0 Å². The first-order valence-electron chi connectivity index (χ1n) is 6.64. The van der Waals surface area contributed by atoms with E-state index in [4.69, 9.17) is 4.74 Å². The Bertz CT molecular complexity index is 484. The quantitative estimate of drug-likeness (QED) is 0.833. The maximum absolute atomic E-state index is 5.55. The van der Waals surface area contributed by atoms with Crippen LogP contribution in [0.5, 0.6) is 0 Å². The van der Waals surface area contributed by atoms with Gasteiger partial charge in [0.05, 0.1) is 5.69 Å². The number of nitrogens with zero attached hydrogens (tertiary/aromatic N) is 1. The molecule has 3 nitrogen and oxygen atoms in total. The standard InChI is InChI=1S/C15H20N2OS/c1-3-18-12(2)15-17-14(11-19-15)9-10-16-13-7-5-4-6-8-13/h4-8,11-12,16H,3,9-10H2,1-2H3. The van der Waals surface area contributed by atoms with Crippen LogP contribution < -0.4 is 5.32 Å². The highest BCUT2D eigenvalue weighted by atomic mass is 32.1. The van der Waals surface area contributed by atoms with Crippen molar-refractivity contribution in [2.75, 3.05) is 18.5 Å². The molecule has 4 heteroatoms. The van der Waals surface area contributed by atoms with Crippen molar-refractivity contribution in [1.82, 2.24) is 4.98 Å². The number of anilines is 1. The Morgan fingerprint density at radius 3 is 2.84 bits per heavy atom. The number of thiazole rings is 1. The average Bonchev–Trinajstić information content (AvgIpc) is 2.89. The minimum absolute atomic E-state index is 0.103. The van der Waals surface area contributed by atoms with E-state index in [1.54, 1.807) is 11.3 Å². The van der Waals surface area contributed by atoms with Crippen LogP contribution in [0.25, 0.3) is 0 Å². The summed E-state index contributed by atoms with van der Waals surface area (Å²) in [4.78, 5) is 4.61. The summed E-state index contributed by atoms with van der Waals surface area (Å²) < 4.78 is 5.55. The van der Waals surface area contributed by atoms with Crippen molar-refractivity contribution in [2.45, 2.75) is 26.4 Å². The Balaban J connectivity index is 1.80. The van der Waals surface area contributed by atoms with Gasteiger partial charge in [-0.3, -0.25) is 0 Å². The highest BCUT2D eigenvalue weighted by molar-refractivity contribution is 7.09. The van der Waals surface area contributed by atoms with E-state index >= 15 is 0 Å². The molecule has 1 aromatic heterocycles. The van der Waals surface area contributed by atoms with Crippen LogP contribution in [0.1, 0.15) is 30.7 Å². The minimum Gasteiger partial charge on any atom is -0.385 e. The highest BCUT2D eigenvalue weighted by Crippen LogP contribution is 2.21. The van der Waals surface area contributed by atoms with Gasteiger partial charge in [-0.1, -0.05) is 18.2 Å². The number of nitrogens with one attached hydrogen (secondary N) is 1. The molecule has 2 aromatic rings. The lowest BCUT2D eigenvalue weighted by atomic mass is 10.3. The summed E-state index contributed by atoms with van der Waals surface area (Å²) in [6.07, 6.45) is 1.04. The highest BCUT2D eigenvalue weighted by Gasteiger charge is 2.09. The van der Waals surface area contributed by atoms with Crippen LogP contribution >= 0.6 is 11.3 Å². The number of ether oxygens (including phenoxy) is 1. The molecule has 0 saturated carbocycles. The molecule has 0 spiro atoms. The topological polar surface area (TPSA) is 34.1 Å². The van der Waals surface area contributed by atoms with Gasteiger partial charge in [-0.15, -0.1) is 11.3 Å². The van der Waals surface area contributed by atoms with Gasteiger partial charge in [-0.2, -0.15) is 0 Å². The number of hydrogen-bond donors (Lipinski definition) is 1. The Labute approximate surface area is 118 Å². The second kappa shape index (κ2) is 7.26. The van der Waals surface area contributed by atoms with Crippen molar-refractivity contribution in [3.05, 3.63) is 46.4 Å². The maximum atomic E-state index is 5.55. The molecule has 1 aromatic carbocycles. The summed E-state index contributed by atoms with van der Waals surface area (Å²) in [7, 11) is 0. The lowest BCUT2D eigenvalue weighted by Crippen LogP contribution is -2.05. The summed E-state index contributed by atoms with van der Waals surface area (Å²) in [6.45, 7) is 5.69. The van der Waals surface area contributed by atoms with Crippen LogP contribution in [0.2, 0.25) is 0 Å². The van der Waals surface area contributed by atoms with Gasteiger partial charge in [-0.25, -0.2) is 4.98 Å². The third-order valence-electron chi connectivity index (χ3n) is 2.82. The van der Waals surface area contributed by atoms with E-state index in [-0.39, 0.29) is 6.10 Å². The third kappa shape index (κ3) is 4.33. The van der Waals surface area contributed by atoms with Gasteiger partial charge < -0.3 is 10.1 Å². The zero-order valence-electron chi connectivity index (χ0n) is 11.4. The van der Waals surface area contributed by atoms with Gasteiger partial charge in [0.2, 0.25) is 0 Å². The second-order valence-electron chi connectivity index (χ2n) is 4.32. The molecule has 2 rings (SSSR count). The van der Waals surface area contributed by atoms with E-state index < -0.39 is 0 Å². The van der Waals surface area contributed by atoms with Crippen LogP contribution in [-0.4, -0.2) is 18.1 Å². The molecule has 0 aliphatic heterocycles. The molecule has 0 aliphatic rings. The van der Waals surface area contributed by atoms with Gasteiger partial charge in [0.25, 0.3) is 0 Å². The molecule has 1 heterocycles. The van der Waals surface area contributed by atoms with Gasteiger partial charge in [0.15, 0.2) is 0 Å². The van der Waals surface area contributed by atoms with Crippen LogP contribution in [-0.2, 0) is 11.2 Å². The Morgan fingerprint density at radius 2 is 2.11 bits per heavy atom. The Kier molecular flexibility index (Phi) is 5.36. The number of para-hydroxylation sites is 1. The smallest absolute Gasteiger partial charge is 0.121 e. The first-order chi connectivity index (χ1) is 9.29. The molecule has 0 fully saturated rings. The zero-order valence-corrected chi connectivity index (χ0v) is 12.2. The lowest BCUT2D eigenvalue weighted by Gasteiger charge is -2.07. The zero-order chi connectivity index (χ0) is 13.5. The molecular formula is C15H20N2OS. The lowest BCUT2D eigenvalue weighted by molar-refractivity contribution is 0.0761. The van der Waals surface area contributed by atoms with E-state index in [2.05, 4.69) is 27.8 Å². The number of benzene rings is 1. The van der Waals surface area contributed by atoms with Crippen LogP contribution in [0.3, 0.4) is 0 Å². The molecule has 19 heavy (non-hydrogen) atoms. The molecule has 1 unspecified atom stereocenters. The summed E-state index contributed by atoms with van der Waals surface area (Å²) >= 11 is 1.68. The minimum atomic E-state index is 0.103. The number of hydrogen-bond acceptors (Lipinski definition) is 4. The molecule has 0 aliphatic carbocycles. The predicted molar refractivity (Wildman–Crippen MR) is 80.8 cm³/mol. The Hall–Kier alpha value is -1.39. The molecule has 0 amide bonds. The number of rotatable bonds is 7. The molecule has 102 valence electrons. The van der Waals surface area contributed by atoms with Gasteiger partial charge >= 0.3 is 0 Å². The van der Waals surface area contributed by atoms with Crippen LogP contribution in [0.15, 0.2) is 35.7 Å². The summed E-state index contributed by atoms with van der Waals surface area (Å²) in [5, 5.41) is 6.58. The fourth-order valence-corrected chi connectivity index (χ4v) is 2.69. The Morgan fingerprint density at radius 1 is 1.32 bits per heavy atom. The first-order valence-corrected chi connectivity index (χ1v) is 7.52. The normalized spacial score (nSPS) is 12.3. The largest absolute Gasteiger partial charge is 0.385 e. The SMILES string of the molecule is CCOC(C)c1nc(CCNc2ccccc2)cs1. The van der Waals surface area contributed by atoms with Crippen molar-refractivity contribution in [3.8, 4) is 0 Å². The van der Waals surface area contributed by atoms with Crippen LogP contribution in [0.4, 0.5) is 5.69 Å². The fourth-order valence-electron chi connectivity index (χ4n) is 1.84. The van der Waals surface area contributed by atoms with Gasteiger partial charge in [-0.05, 0) is 26.0 Å². The van der Waals surface area contributed by atoms with Gasteiger partial charge in [0.1, 0.15) is 11.1 Å². The average molecular weight is 276 g/mol. The van der Waals surface area contributed by atoms with Crippen LogP contribution in [0, 0.1) is 0 Å². The molecule has 0 bridgehead atoms. The van der Waals surface area contributed by atoms with Crippen molar-refractivity contribution < 1.29 is 4.74 Å². The molecule has 0 saturated heterocycles. The summed E-state index contributed by atoms with van der Waals surface area (Å²) in [6, 6.07) is 10.2. The van der Waals surface area contributed by atoms with Gasteiger partial charge in [0, 0.05) is 30.6 Å². The van der Waals surface area contributed by atoms with Crippen molar-refractivity contribution in [3.63, 3.8) is 0 Å². The predicted octanol–water partition coefficient (Wildman–Crippen LogP) is 3.90. The third-order valence-corrected chi connectivity index (χ3v) is 3.87. The summed E-state index contributed by atoms with van der Waals surface area (Å²) in [5.74, 6) is 0. The van der Waals surface area contributed by atoms with E-state index in [0.29, 0.717) is 0 Å². The fraction of sp³-hybridized carbons (Fsp3) is 0.400. The maximum Gasteiger partial charge on any atom is 0.121 e. The molecule has 0 radical (unpaired) electrons. The van der Waals surface area contributed by atoms with Crippen molar-refractivity contribution >= 4 is 17.0 Å². The van der Waals surface area contributed by atoms with Crippen molar-refractivity contribution in [2.24, 2.45) is 0 Å². The monoisotopic (exact) mass is 276 g/mol. The summed E-state index contributed by atoms with van der Waals surface area (Å²) in [5.41, 5.74) is 2.29. The number of aromatic nitrogens is 1. The molecule has 1 atom stereocenters. The van der Waals surface area contributed by atoms with Crippen molar-refractivity contribution in [1.29, 1.82) is 0 Å². The van der Waals surface area contributed by atoms with E-state index in [1.807, 2.05) is 32.0 Å². The van der Waals surface area contributed by atoms with E-state index in [0.717, 1.165) is 36.0 Å². The molecule has 1 N–H and O–H groups in total. The molecular weight excluding hydrogens is 256 g/mol. The first kappa shape index (κ1) is 14.0.